The Kier molecular flexibility index (Phi) is 4.16. The average Bonchev–Trinajstić information content (AvgIpc) is 3.25. The molecule has 1 amide bonds. The number of ether oxygens (including phenoxy) is 2. The molecule has 23 heavy (non-hydrogen) atoms. The Morgan fingerprint density at radius 2 is 2.13 bits per heavy atom. The highest BCUT2D eigenvalue weighted by atomic mass is 16.5. The molecule has 1 atom stereocenters. The fourth-order valence-electron chi connectivity index (χ4n) is 3.72. The van der Waals surface area contributed by atoms with Gasteiger partial charge < -0.3 is 18.8 Å². The molecule has 126 valence electrons. The van der Waals surface area contributed by atoms with Gasteiger partial charge in [0.1, 0.15) is 6.26 Å². The van der Waals surface area contributed by atoms with E-state index in [0.29, 0.717) is 11.7 Å². The molecular formula is C18H25NO4. The average molecular weight is 319 g/mol. The first-order chi connectivity index (χ1) is 11.2. The number of carbonyl (C=O) groups excluding carboxylic acids is 1. The number of hydrogen-bond donors (Lipinski definition) is 0. The Bertz CT molecular complexity index is 529. The summed E-state index contributed by atoms with van der Waals surface area (Å²) in [6, 6.07) is 1.73. The van der Waals surface area contributed by atoms with Gasteiger partial charge in [-0.3, -0.25) is 4.79 Å². The smallest absolute Gasteiger partial charge is 0.257 e. The Labute approximate surface area is 136 Å². The van der Waals surface area contributed by atoms with Gasteiger partial charge in [0.15, 0.2) is 0 Å². The molecule has 5 heteroatoms. The lowest BCUT2D eigenvalue weighted by atomic mass is 9.83. The molecule has 1 saturated carbocycles. The van der Waals surface area contributed by atoms with E-state index in [1.54, 1.807) is 12.3 Å². The van der Waals surface area contributed by atoms with Crippen LogP contribution in [0.5, 0.6) is 0 Å². The van der Waals surface area contributed by atoms with Crippen LogP contribution in [0, 0.1) is 5.92 Å². The standard InChI is InChI=1S/C18H25NO4/c20-17(15-3-9-21-13-15)19-7-5-18(6-8-19)11-16(4-10-23-18)22-12-14-1-2-14/h3,9,13-14,16H,1-2,4-8,10-12H2. The highest BCUT2D eigenvalue weighted by Gasteiger charge is 2.42. The summed E-state index contributed by atoms with van der Waals surface area (Å²) in [7, 11) is 0. The van der Waals surface area contributed by atoms with Gasteiger partial charge in [-0.25, -0.2) is 0 Å². The molecule has 5 nitrogen and oxygen atoms in total. The third kappa shape index (κ3) is 3.45. The zero-order valence-electron chi connectivity index (χ0n) is 13.5. The number of hydrogen-bond acceptors (Lipinski definition) is 4. The summed E-state index contributed by atoms with van der Waals surface area (Å²) in [6.45, 7) is 3.20. The van der Waals surface area contributed by atoms with Crippen LogP contribution in [0.4, 0.5) is 0 Å². The van der Waals surface area contributed by atoms with Gasteiger partial charge in [-0.05, 0) is 44.1 Å². The molecule has 0 bridgehead atoms. The van der Waals surface area contributed by atoms with Crippen LogP contribution in [0.25, 0.3) is 0 Å². The van der Waals surface area contributed by atoms with Gasteiger partial charge in [0.2, 0.25) is 0 Å². The van der Waals surface area contributed by atoms with Crippen molar-refractivity contribution in [2.24, 2.45) is 5.92 Å². The van der Waals surface area contributed by atoms with Crippen molar-refractivity contribution in [3.05, 3.63) is 24.2 Å². The molecule has 3 heterocycles. The second-order valence-corrected chi connectivity index (χ2v) is 7.23. The lowest BCUT2D eigenvalue weighted by molar-refractivity contribution is -0.153. The molecule has 3 aliphatic rings. The molecule has 1 unspecified atom stereocenters. The number of amides is 1. The highest BCUT2D eigenvalue weighted by Crippen LogP contribution is 2.37. The van der Waals surface area contributed by atoms with Crippen LogP contribution in [-0.2, 0) is 9.47 Å². The summed E-state index contributed by atoms with van der Waals surface area (Å²) in [5, 5.41) is 0. The van der Waals surface area contributed by atoms with E-state index in [1.165, 1.54) is 19.1 Å². The van der Waals surface area contributed by atoms with Gasteiger partial charge in [0.05, 0.1) is 23.5 Å². The van der Waals surface area contributed by atoms with E-state index in [0.717, 1.165) is 57.9 Å². The summed E-state index contributed by atoms with van der Waals surface area (Å²) in [5.74, 6) is 0.870. The van der Waals surface area contributed by atoms with Crippen LogP contribution < -0.4 is 0 Å². The maximum absolute atomic E-state index is 12.4. The minimum Gasteiger partial charge on any atom is -0.472 e. The molecule has 1 aromatic heterocycles. The largest absolute Gasteiger partial charge is 0.472 e. The Morgan fingerprint density at radius 1 is 1.30 bits per heavy atom. The van der Waals surface area contributed by atoms with Crippen molar-refractivity contribution >= 4 is 5.91 Å². The minimum absolute atomic E-state index is 0.0611. The number of rotatable bonds is 4. The Morgan fingerprint density at radius 3 is 2.83 bits per heavy atom. The van der Waals surface area contributed by atoms with Gasteiger partial charge in [-0.2, -0.15) is 0 Å². The van der Waals surface area contributed by atoms with Gasteiger partial charge >= 0.3 is 0 Å². The molecule has 1 aromatic rings. The number of piperidine rings is 1. The lowest BCUT2D eigenvalue weighted by Gasteiger charge is -2.46. The topological polar surface area (TPSA) is 51.9 Å². The molecule has 1 spiro atoms. The van der Waals surface area contributed by atoms with Crippen molar-refractivity contribution in [3.8, 4) is 0 Å². The molecule has 3 fully saturated rings. The fraction of sp³-hybridized carbons (Fsp3) is 0.722. The Hall–Kier alpha value is -1.33. The second kappa shape index (κ2) is 6.29. The molecule has 0 N–H and O–H groups in total. The first kappa shape index (κ1) is 15.2. The van der Waals surface area contributed by atoms with Crippen molar-refractivity contribution in [3.63, 3.8) is 0 Å². The normalized spacial score (nSPS) is 27.3. The van der Waals surface area contributed by atoms with Crippen LogP contribution in [0.15, 0.2) is 23.0 Å². The summed E-state index contributed by atoms with van der Waals surface area (Å²) in [4.78, 5) is 14.3. The highest BCUT2D eigenvalue weighted by molar-refractivity contribution is 5.93. The van der Waals surface area contributed by atoms with Crippen molar-refractivity contribution in [2.75, 3.05) is 26.3 Å². The van der Waals surface area contributed by atoms with E-state index >= 15 is 0 Å². The van der Waals surface area contributed by atoms with Gasteiger partial charge in [0.25, 0.3) is 5.91 Å². The number of nitrogens with zero attached hydrogens (tertiary/aromatic N) is 1. The molecule has 2 aliphatic heterocycles. The van der Waals surface area contributed by atoms with Crippen molar-refractivity contribution in [1.82, 2.24) is 4.90 Å². The number of furan rings is 1. The monoisotopic (exact) mass is 319 g/mol. The predicted molar refractivity (Wildman–Crippen MR) is 84.2 cm³/mol. The summed E-state index contributed by atoms with van der Waals surface area (Å²) < 4.78 is 17.2. The maximum atomic E-state index is 12.4. The van der Waals surface area contributed by atoms with Gasteiger partial charge in [0, 0.05) is 32.7 Å². The number of likely N-dealkylation sites (tertiary alicyclic amines) is 1. The van der Waals surface area contributed by atoms with Crippen LogP contribution in [0.1, 0.15) is 48.9 Å². The van der Waals surface area contributed by atoms with Crippen molar-refractivity contribution in [2.45, 2.75) is 50.2 Å². The summed E-state index contributed by atoms with van der Waals surface area (Å²) in [5.41, 5.74) is 0.552. The first-order valence-electron chi connectivity index (χ1n) is 8.81. The van der Waals surface area contributed by atoms with Crippen LogP contribution >= 0.6 is 0 Å². The van der Waals surface area contributed by atoms with Crippen molar-refractivity contribution < 1.29 is 18.7 Å². The van der Waals surface area contributed by atoms with E-state index in [9.17, 15) is 4.79 Å². The molecule has 4 rings (SSSR count). The molecule has 0 radical (unpaired) electrons. The first-order valence-corrected chi connectivity index (χ1v) is 8.81. The lowest BCUT2D eigenvalue weighted by Crippen LogP contribution is -2.52. The zero-order chi connectivity index (χ0) is 15.7. The fourth-order valence-corrected chi connectivity index (χ4v) is 3.72. The van der Waals surface area contributed by atoms with Crippen LogP contribution in [-0.4, -0.2) is 48.8 Å². The molecular weight excluding hydrogens is 294 g/mol. The zero-order valence-corrected chi connectivity index (χ0v) is 13.5. The quantitative estimate of drug-likeness (QED) is 0.856. The SMILES string of the molecule is O=C(c1ccoc1)N1CCC2(CC1)CC(OCC1CC1)CCO2. The molecule has 2 saturated heterocycles. The van der Waals surface area contributed by atoms with E-state index in [1.807, 2.05) is 4.90 Å². The van der Waals surface area contributed by atoms with Crippen molar-refractivity contribution in [1.29, 1.82) is 0 Å². The molecule has 0 aromatic carbocycles. The van der Waals surface area contributed by atoms with E-state index in [4.69, 9.17) is 13.9 Å². The maximum Gasteiger partial charge on any atom is 0.257 e. The van der Waals surface area contributed by atoms with Gasteiger partial charge in [-0.15, -0.1) is 0 Å². The third-order valence-corrected chi connectivity index (χ3v) is 5.44. The van der Waals surface area contributed by atoms with E-state index < -0.39 is 0 Å². The van der Waals surface area contributed by atoms with E-state index in [2.05, 4.69) is 0 Å². The summed E-state index contributed by atoms with van der Waals surface area (Å²) >= 11 is 0. The predicted octanol–water partition coefficient (Wildman–Crippen LogP) is 2.86. The second-order valence-electron chi connectivity index (χ2n) is 7.23. The van der Waals surface area contributed by atoms with Crippen LogP contribution in [0.3, 0.4) is 0 Å². The molecule has 1 aliphatic carbocycles. The third-order valence-electron chi connectivity index (χ3n) is 5.44. The number of carbonyl (C=O) groups is 1. The van der Waals surface area contributed by atoms with Crippen LogP contribution in [0.2, 0.25) is 0 Å². The van der Waals surface area contributed by atoms with Gasteiger partial charge in [-0.1, -0.05) is 0 Å². The Balaban J connectivity index is 1.31. The minimum atomic E-state index is -0.0837. The summed E-state index contributed by atoms with van der Waals surface area (Å²) in [6.07, 6.45) is 9.86. The van der Waals surface area contributed by atoms with E-state index in [-0.39, 0.29) is 11.5 Å².